The average Bonchev–Trinajstić information content (AvgIpc) is 3.21. The highest BCUT2D eigenvalue weighted by Gasteiger charge is 2.24. The van der Waals surface area contributed by atoms with Crippen molar-refractivity contribution < 1.29 is 14.3 Å². The van der Waals surface area contributed by atoms with Crippen LogP contribution in [-0.2, 0) is 0 Å². The number of ether oxygens (including phenoxy) is 1. The van der Waals surface area contributed by atoms with Crippen LogP contribution in [0.3, 0.4) is 0 Å². The molecule has 1 aromatic heterocycles. The van der Waals surface area contributed by atoms with Crippen molar-refractivity contribution in [1.29, 1.82) is 5.26 Å². The summed E-state index contributed by atoms with van der Waals surface area (Å²) >= 11 is 0. The van der Waals surface area contributed by atoms with Gasteiger partial charge in [-0.3, -0.25) is 0 Å². The summed E-state index contributed by atoms with van der Waals surface area (Å²) in [5.74, 6) is 1.64. The van der Waals surface area contributed by atoms with Crippen molar-refractivity contribution in [2.24, 2.45) is 0 Å². The van der Waals surface area contributed by atoms with Gasteiger partial charge in [0.05, 0.1) is 17.9 Å². The molecule has 0 saturated carbocycles. The fourth-order valence-electron chi connectivity index (χ4n) is 3.17. The quantitative estimate of drug-likeness (QED) is 0.461. The molecule has 28 heavy (non-hydrogen) atoms. The Bertz CT molecular complexity index is 1110. The molecule has 0 unspecified atom stereocenters. The molecule has 0 amide bonds. The van der Waals surface area contributed by atoms with Gasteiger partial charge in [0.1, 0.15) is 22.9 Å². The van der Waals surface area contributed by atoms with Gasteiger partial charge < -0.3 is 14.3 Å². The van der Waals surface area contributed by atoms with E-state index in [0.717, 1.165) is 33.8 Å². The third-order valence-electron chi connectivity index (χ3n) is 4.58. The van der Waals surface area contributed by atoms with Gasteiger partial charge in [-0.15, -0.1) is 0 Å². The molecule has 0 aliphatic carbocycles. The summed E-state index contributed by atoms with van der Waals surface area (Å²) in [6, 6.07) is 16.6. The first-order chi connectivity index (χ1) is 13.4. The zero-order valence-electron chi connectivity index (χ0n) is 15.6. The molecule has 1 aliphatic heterocycles. The summed E-state index contributed by atoms with van der Waals surface area (Å²) in [5.41, 5.74) is 3.41. The van der Waals surface area contributed by atoms with Crippen LogP contribution in [-0.4, -0.2) is 10.7 Å². The minimum Gasteiger partial charge on any atom is -0.508 e. The first-order valence-corrected chi connectivity index (χ1v) is 8.96. The van der Waals surface area contributed by atoms with Gasteiger partial charge in [-0.25, -0.2) is 0 Å². The molecule has 1 N–H and O–H groups in total. The Hall–Kier alpha value is -3.71. The van der Waals surface area contributed by atoms with Crippen LogP contribution in [0.1, 0.15) is 30.5 Å². The normalized spacial score (nSPS) is 14.8. The Balaban J connectivity index is 1.89. The number of nitrogens with zero attached hydrogens (tertiary/aromatic N) is 1. The van der Waals surface area contributed by atoms with Crippen molar-refractivity contribution in [3.63, 3.8) is 0 Å². The third-order valence-corrected chi connectivity index (χ3v) is 4.58. The van der Waals surface area contributed by atoms with E-state index in [1.165, 1.54) is 0 Å². The second kappa shape index (κ2) is 6.79. The molecule has 1 aliphatic rings. The van der Waals surface area contributed by atoms with Gasteiger partial charge in [0.2, 0.25) is 0 Å². The number of allylic oxidation sites excluding steroid dienone is 1. The third kappa shape index (κ3) is 3.43. The maximum absolute atomic E-state index is 9.72. The number of fused-ring (bicyclic) bond motifs is 1. The lowest BCUT2D eigenvalue weighted by Crippen LogP contribution is -2.28. The number of aromatic hydroxyl groups is 1. The van der Waals surface area contributed by atoms with Crippen LogP contribution in [0.4, 0.5) is 0 Å². The molecule has 0 atom stereocenters. The van der Waals surface area contributed by atoms with Crippen LogP contribution in [0.2, 0.25) is 0 Å². The van der Waals surface area contributed by atoms with Gasteiger partial charge >= 0.3 is 0 Å². The number of benzene rings is 2. The van der Waals surface area contributed by atoms with Crippen molar-refractivity contribution in [2.75, 3.05) is 0 Å². The number of phenolic OH excluding ortho intramolecular Hbond substituents is 1. The Kier molecular flexibility index (Phi) is 4.29. The zero-order valence-corrected chi connectivity index (χ0v) is 15.6. The first kappa shape index (κ1) is 17.7. The highest BCUT2D eigenvalue weighted by Crippen LogP contribution is 2.39. The second-order valence-electron chi connectivity index (χ2n) is 7.22. The van der Waals surface area contributed by atoms with E-state index >= 15 is 0 Å². The van der Waals surface area contributed by atoms with Gasteiger partial charge in [-0.2, -0.15) is 5.26 Å². The maximum atomic E-state index is 9.72. The fraction of sp³-hybridized carbons (Fsp3) is 0.125. The van der Waals surface area contributed by atoms with E-state index in [1.807, 2.05) is 56.3 Å². The molecule has 138 valence electrons. The van der Waals surface area contributed by atoms with E-state index < -0.39 is 5.60 Å². The highest BCUT2D eigenvalue weighted by molar-refractivity contribution is 5.92. The molecule has 0 bridgehead atoms. The number of hydrogen-bond acceptors (Lipinski definition) is 4. The Morgan fingerprint density at radius 3 is 2.61 bits per heavy atom. The molecule has 0 spiro atoms. The molecule has 2 heterocycles. The molecule has 0 saturated heterocycles. The largest absolute Gasteiger partial charge is 0.508 e. The van der Waals surface area contributed by atoms with Gasteiger partial charge in [-0.1, -0.05) is 6.08 Å². The molecule has 4 heteroatoms. The topological polar surface area (TPSA) is 66.4 Å². The summed E-state index contributed by atoms with van der Waals surface area (Å²) in [6.07, 6.45) is 7.50. The van der Waals surface area contributed by atoms with E-state index in [1.54, 1.807) is 30.5 Å². The first-order valence-electron chi connectivity index (χ1n) is 8.96. The molecule has 0 radical (unpaired) electrons. The van der Waals surface area contributed by atoms with Gasteiger partial charge in [0.15, 0.2) is 0 Å². The number of furan rings is 1. The van der Waals surface area contributed by atoms with Gasteiger partial charge in [0, 0.05) is 16.7 Å². The smallest absolute Gasteiger partial charge is 0.135 e. The van der Waals surface area contributed by atoms with Crippen LogP contribution in [0.15, 0.2) is 65.3 Å². The molecule has 4 nitrogen and oxygen atoms in total. The summed E-state index contributed by atoms with van der Waals surface area (Å²) in [5, 5.41) is 19.2. The minimum atomic E-state index is -0.437. The average molecular weight is 369 g/mol. The molecule has 4 rings (SSSR count). The standard InChI is InChI=1S/C24H19NO3/c1-24(2)10-9-17-12-18(22-4-3-11-27-22)13-19(23(17)28-24)14-20(15-25)16-5-7-21(26)8-6-16/h3-14,26H,1-2H3/b20-14+. The lowest BCUT2D eigenvalue weighted by Gasteiger charge is -2.29. The molecular weight excluding hydrogens is 350 g/mol. The molecule has 2 aromatic carbocycles. The number of hydrogen-bond donors (Lipinski definition) is 1. The van der Waals surface area contributed by atoms with Crippen LogP contribution >= 0.6 is 0 Å². The highest BCUT2D eigenvalue weighted by atomic mass is 16.5. The molecule has 0 fully saturated rings. The van der Waals surface area contributed by atoms with Crippen LogP contribution in [0.25, 0.3) is 29.0 Å². The van der Waals surface area contributed by atoms with E-state index in [9.17, 15) is 10.4 Å². The Labute approximate surface area is 163 Å². The Morgan fingerprint density at radius 2 is 1.93 bits per heavy atom. The van der Waals surface area contributed by atoms with E-state index in [4.69, 9.17) is 9.15 Å². The maximum Gasteiger partial charge on any atom is 0.135 e. The number of nitriles is 1. The molecule has 3 aromatic rings. The summed E-state index contributed by atoms with van der Waals surface area (Å²) < 4.78 is 11.8. The van der Waals surface area contributed by atoms with Crippen LogP contribution < -0.4 is 4.74 Å². The lowest BCUT2D eigenvalue weighted by atomic mass is 9.95. The predicted molar refractivity (Wildman–Crippen MR) is 109 cm³/mol. The number of phenols is 1. The fourth-order valence-corrected chi connectivity index (χ4v) is 3.17. The lowest BCUT2D eigenvalue weighted by molar-refractivity contribution is 0.158. The van der Waals surface area contributed by atoms with Crippen molar-refractivity contribution in [3.05, 3.63) is 77.6 Å². The van der Waals surface area contributed by atoms with Crippen LogP contribution in [0.5, 0.6) is 11.5 Å². The van der Waals surface area contributed by atoms with E-state index in [2.05, 4.69) is 6.07 Å². The Morgan fingerprint density at radius 1 is 1.14 bits per heavy atom. The summed E-state index contributed by atoms with van der Waals surface area (Å²) in [4.78, 5) is 0. The second-order valence-corrected chi connectivity index (χ2v) is 7.22. The van der Waals surface area contributed by atoms with Crippen molar-refractivity contribution in [2.45, 2.75) is 19.4 Å². The molecular formula is C24H19NO3. The van der Waals surface area contributed by atoms with Gasteiger partial charge in [-0.05, 0) is 80.1 Å². The van der Waals surface area contributed by atoms with Crippen LogP contribution in [0, 0.1) is 11.3 Å². The minimum absolute atomic E-state index is 0.161. The van der Waals surface area contributed by atoms with Gasteiger partial charge in [0.25, 0.3) is 0 Å². The van der Waals surface area contributed by atoms with Crippen molar-refractivity contribution in [3.8, 4) is 28.9 Å². The summed E-state index contributed by atoms with van der Waals surface area (Å²) in [7, 11) is 0. The van der Waals surface area contributed by atoms with E-state index in [0.29, 0.717) is 5.57 Å². The van der Waals surface area contributed by atoms with E-state index in [-0.39, 0.29) is 5.75 Å². The predicted octanol–water partition coefficient (Wildman–Crippen LogP) is 5.90. The monoisotopic (exact) mass is 369 g/mol. The number of rotatable bonds is 3. The van der Waals surface area contributed by atoms with Crippen molar-refractivity contribution >= 4 is 17.7 Å². The SMILES string of the molecule is CC1(C)C=Cc2cc(-c3ccco3)cc(/C=C(\C#N)c3ccc(O)cc3)c2O1. The zero-order chi connectivity index (χ0) is 19.7. The van der Waals surface area contributed by atoms with Crippen molar-refractivity contribution in [1.82, 2.24) is 0 Å². The summed E-state index contributed by atoms with van der Waals surface area (Å²) in [6.45, 7) is 3.98.